The number of methoxy groups -OCH3 is 1. The van der Waals surface area contributed by atoms with Gasteiger partial charge in [0, 0.05) is 6.07 Å². The zero-order chi connectivity index (χ0) is 13.8. The van der Waals surface area contributed by atoms with Crippen molar-refractivity contribution in [1.29, 1.82) is 0 Å². The topological polar surface area (TPSA) is 92.3 Å². The Balaban J connectivity index is 2.42. The summed E-state index contributed by atoms with van der Waals surface area (Å²) < 4.78 is 5.02. The monoisotopic (exact) mass is 260 g/mol. The predicted octanol–water partition coefficient (Wildman–Crippen LogP) is 0.995. The maximum Gasteiger partial charge on any atom is 0.317 e. The van der Waals surface area contributed by atoms with Crippen LogP contribution in [0.4, 0.5) is 0 Å². The van der Waals surface area contributed by atoms with Crippen molar-refractivity contribution in [2.24, 2.45) is 0 Å². The maximum absolute atomic E-state index is 11.4. The van der Waals surface area contributed by atoms with Crippen molar-refractivity contribution in [1.82, 2.24) is 10.2 Å². The number of nitrogens with zero attached hydrogens (tertiary/aromatic N) is 1. The van der Waals surface area contributed by atoms with E-state index in [4.69, 9.17) is 4.74 Å². The van der Waals surface area contributed by atoms with Crippen LogP contribution in [0.25, 0.3) is 0 Å². The molecule has 0 aliphatic carbocycles. The van der Waals surface area contributed by atoms with Crippen molar-refractivity contribution < 1.29 is 14.6 Å². The summed E-state index contributed by atoms with van der Waals surface area (Å²) in [5, 5.41) is 15.3. The Bertz CT molecular complexity index is 613. The average Bonchev–Trinajstić information content (AvgIpc) is 2.42. The molecule has 6 heteroatoms. The van der Waals surface area contributed by atoms with Gasteiger partial charge in [-0.2, -0.15) is 5.10 Å². The van der Waals surface area contributed by atoms with Gasteiger partial charge in [0.25, 0.3) is 5.56 Å². The van der Waals surface area contributed by atoms with E-state index in [1.54, 1.807) is 24.3 Å². The van der Waals surface area contributed by atoms with E-state index in [1.165, 1.54) is 19.2 Å². The van der Waals surface area contributed by atoms with Crippen LogP contribution in [0, 0.1) is 0 Å². The van der Waals surface area contributed by atoms with Crippen LogP contribution in [0.15, 0.2) is 41.2 Å². The lowest BCUT2D eigenvalue weighted by atomic mass is 9.95. The smallest absolute Gasteiger partial charge is 0.317 e. The average molecular weight is 260 g/mol. The molecule has 2 aromatic rings. The molecule has 0 aliphatic heterocycles. The molecule has 1 heterocycles. The SMILES string of the molecule is COc1ccc([C@@H](C(=O)O)c2ccc(=O)[nH]n2)cc1. The summed E-state index contributed by atoms with van der Waals surface area (Å²) in [6, 6.07) is 9.33. The molecular formula is C13H12N2O4. The van der Waals surface area contributed by atoms with Crippen LogP contribution in [-0.4, -0.2) is 28.4 Å². The van der Waals surface area contributed by atoms with Crippen LogP contribution in [0.1, 0.15) is 17.2 Å². The first-order valence-electron chi connectivity index (χ1n) is 5.54. The summed E-state index contributed by atoms with van der Waals surface area (Å²) in [4.78, 5) is 22.3. The third-order valence-electron chi connectivity index (χ3n) is 2.69. The minimum Gasteiger partial charge on any atom is -0.497 e. The molecule has 1 aromatic heterocycles. The number of carbonyl (C=O) groups is 1. The second-order valence-electron chi connectivity index (χ2n) is 3.89. The van der Waals surface area contributed by atoms with Gasteiger partial charge in [-0.25, -0.2) is 5.10 Å². The van der Waals surface area contributed by atoms with E-state index in [0.717, 1.165) is 0 Å². The molecule has 6 nitrogen and oxygen atoms in total. The summed E-state index contributed by atoms with van der Waals surface area (Å²) in [6.07, 6.45) is 0. The number of ether oxygens (including phenoxy) is 1. The predicted molar refractivity (Wildman–Crippen MR) is 67.3 cm³/mol. The van der Waals surface area contributed by atoms with E-state index in [1.807, 2.05) is 0 Å². The van der Waals surface area contributed by atoms with Crippen LogP contribution in [-0.2, 0) is 4.79 Å². The fourth-order valence-corrected chi connectivity index (χ4v) is 1.75. The number of benzene rings is 1. The van der Waals surface area contributed by atoms with Crippen molar-refractivity contribution >= 4 is 5.97 Å². The Morgan fingerprint density at radius 2 is 1.95 bits per heavy atom. The van der Waals surface area contributed by atoms with Crippen molar-refractivity contribution in [3.05, 3.63) is 58.0 Å². The molecule has 1 aromatic carbocycles. The maximum atomic E-state index is 11.4. The Morgan fingerprint density at radius 1 is 1.26 bits per heavy atom. The van der Waals surface area contributed by atoms with Gasteiger partial charge in [0.15, 0.2) is 0 Å². The quantitative estimate of drug-likeness (QED) is 0.855. The van der Waals surface area contributed by atoms with E-state index in [2.05, 4.69) is 10.2 Å². The highest BCUT2D eigenvalue weighted by Crippen LogP contribution is 2.24. The molecule has 0 unspecified atom stereocenters. The number of carboxylic acids is 1. The second kappa shape index (κ2) is 5.34. The first-order valence-corrected chi connectivity index (χ1v) is 5.54. The Labute approximate surface area is 108 Å². The summed E-state index contributed by atoms with van der Waals surface area (Å²) in [6.45, 7) is 0. The molecule has 0 spiro atoms. The molecule has 0 bridgehead atoms. The molecule has 2 N–H and O–H groups in total. The Hall–Kier alpha value is -2.63. The summed E-state index contributed by atoms with van der Waals surface area (Å²) in [7, 11) is 1.53. The third kappa shape index (κ3) is 2.79. The van der Waals surface area contributed by atoms with E-state index in [-0.39, 0.29) is 11.3 Å². The standard InChI is InChI=1S/C13H12N2O4/c1-19-9-4-2-8(3-5-9)12(13(17)18)10-6-7-11(16)15-14-10/h2-7,12H,1H3,(H,15,16)(H,17,18)/t12-/m1/s1. The van der Waals surface area contributed by atoms with Crippen molar-refractivity contribution in [2.45, 2.75) is 5.92 Å². The number of rotatable bonds is 4. The highest BCUT2D eigenvalue weighted by Gasteiger charge is 2.23. The Morgan fingerprint density at radius 3 is 2.42 bits per heavy atom. The minimum absolute atomic E-state index is 0.275. The fraction of sp³-hybridized carbons (Fsp3) is 0.154. The Kier molecular flexibility index (Phi) is 3.61. The second-order valence-corrected chi connectivity index (χ2v) is 3.89. The first kappa shape index (κ1) is 12.8. The van der Waals surface area contributed by atoms with Gasteiger partial charge in [-0.05, 0) is 23.8 Å². The lowest BCUT2D eigenvalue weighted by molar-refractivity contribution is -0.137. The number of H-pyrrole nitrogens is 1. The van der Waals surface area contributed by atoms with Crippen molar-refractivity contribution in [3.63, 3.8) is 0 Å². The van der Waals surface area contributed by atoms with Crippen LogP contribution >= 0.6 is 0 Å². The number of aromatic nitrogens is 2. The zero-order valence-corrected chi connectivity index (χ0v) is 10.2. The molecule has 0 fully saturated rings. The van der Waals surface area contributed by atoms with Crippen LogP contribution in [0.3, 0.4) is 0 Å². The van der Waals surface area contributed by atoms with Crippen molar-refractivity contribution in [3.8, 4) is 5.75 Å². The first-order chi connectivity index (χ1) is 9.11. The van der Waals surface area contributed by atoms with Gasteiger partial charge in [-0.1, -0.05) is 12.1 Å². The van der Waals surface area contributed by atoms with E-state index < -0.39 is 11.9 Å². The highest BCUT2D eigenvalue weighted by molar-refractivity contribution is 5.79. The van der Waals surface area contributed by atoms with Gasteiger partial charge in [-0.3, -0.25) is 9.59 Å². The zero-order valence-electron chi connectivity index (χ0n) is 10.2. The molecule has 0 radical (unpaired) electrons. The van der Waals surface area contributed by atoms with Gasteiger partial charge in [0.05, 0.1) is 12.8 Å². The summed E-state index contributed by atoms with van der Waals surface area (Å²) in [5.74, 6) is -1.32. The number of nitrogens with one attached hydrogen (secondary N) is 1. The molecule has 0 saturated carbocycles. The summed E-state index contributed by atoms with van der Waals surface area (Å²) >= 11 is 0. The van der Waals surface area contributed by atoms with Gasteiger partial charge in [0.2, 0.25) is 0 Å². The van der Waals surface area contributed by atoms with E-state index >= 15 is 0 Å². The molecule has 19 heavy (non-hydrogen) atoms. The molecule has 0 saturated heterocycles. The summed E-state index contributed by atoms with van der Waals surface area (Å²) in [5.41, 5.74) is 0.465. The fourth-order valence-electron chi connectivity index (χ4n) is 1.75. The lowest BCUT2D eigenvalue weighted by Crippen LogP contribution is -2.17. The third-order valence-corrected chi connectivity index (χ3v) is 2.69. The lowest BCUT2D eigenvalue weighted by Gasteiger charge is -2.12. The molecule has 98 valence electrons. The van der Waals surface area contributed by atoms with Gasteiger partial charge in [-0.15, -0.1) is 0 Å². The van der Waals surface area contributed by atoms with Gasteiger partial charge in [0.1, 0.15) is 11.7 Å². The van der Waals surface area contributed by atoms with Crippen LogP contribution in [0.2, 0.25) is 0 Å². The molecule has 2 rings (SSSR count). The normalized spacial score (nSPS) is 11.8. The molecule has 1 atom stereocenters. The van der Waals surface area contributed by atoms with Crippen LogP contribution in [0.5, 0.6) is 5.75 Å². The molecule has 0 amide bonds. The number of hydrogen-bond donors (Lipinski definition) is 2. The number of hydrogen-bond acceptors (Lipinski definition) is 4. The van der Waals surface area contributed by atoms with Crippen molar-refractivity contribution in [2.75, 3.05) is 7.11 Å². The van der Waals surface area contributed by atoms with Gasteiger partial charge >= 0.3 is 5.97 Å². The van der Waals surface area contributed by atoms with Crippen LogP contribution < -0.4 is 10.3 Å². The van der Waals surface area contributed by atoms with Gasteiger partial charge < -0.3 is 9.84 Å². The van der Waals surface area contributed by atoms with E-state index in [0.29, 0.717) is 11.3 Å². The number of carboxylic acid groups (broad SMARTS) is 1. The molecule has 0 aliphatic rings. The number of aromatic amines is 1. The highest BCUT2D eigenvalue weighted by atomic mass is 16.5. The van der Waals surface area contributed by atoms with E-state index in [9.17, 15) is 14.7 Å². The number of aliphatic carboxylic acids is 1. The minimum atomic E-state index is -1.04. The molecular weight excluding hydrogens is 248 g/mol. The largest absolute Gasteiger partial charge is 0.497 e.